The first-order valence-corrected chi connectivity index (χ1v) is 8.77. The minimum atomic E-state index is -0.557. The lowest BCUT2D eigenvalue weighted by Crippen LogP contribution is -2.54. The summed E-state index contributed by atoms with van der Waals surface area (Å²) in [4.78, 5) is 16.1. The molecular weight excluding hydrogens is 475 g/mol. The third kappa shape index (κ3) is 9.86. The van der Waals surface area contributed by atoms with Crippen LogP contribution in [0.1, 0.15) is 40.2 Å². The smallest absolute Gasteiger partial charge is 0.408 e. The fourth-order valence-corrected chi connectivity index (χ4v) is 2.16. The lowest BCUT2D eigenvalue weighted by Gasteiger charge is -2.29. The minimum absolute atomic E-state index is 0. The van der Waals surface area contributed by atoms with Gasteiger partial charge < -0.3 is 30.5 Å². The lowest BCUT2D eigenvalue weighted by molar-refractivity contribution is 0.0474. The first kappa shape index (κ1) is 26.1. The monoisotopic (exact) mass is 508 g/mol. The van der Waals surface area contributed by atoms with Gasteiger partial charge >= 0.3 is 6.09 Å². The molecule has 1 rings (SSSR count). The number of alkyl carbamates (subject to hydrolysis) is 1. The number of phenols is 1. The van der Waals surface area contributed by atoms with Gasteiger partial charge in [0.1, 0.15) is 17.1 Å². The van der Waals surface area contributed by atoms with Crippen LogP contribution in [0.4, 0.5) is 4.79 Å². The molecule has 9 heteroatoms. The third-order valence-corrected chi connectivity index (χ3v) is 3.49. The van der Waals surface area contributed by atoms with Crippen molar-refractivity contribution in [2.24, 2.45) is 4.99 Å². The van der Waals surface area contributed by atoms with Crippen LogP contribution in [-0.2, 0) is 11.3 Å². The summed E-state index contributed by atoms with van der Waals surface area (Å²) in [6, 6.07) is 5.03. The molecule has 1 aromatic rings. The van der Waals surface area contributed by atoms with Gasteiger partial charge in [-0.3, -0.25) is 4.99 Å². The highest BCUT2D eigenvalue weighted by Gasteiger charge is 2.24. The van der Waals surface area contributed by atoms with Crippen molar-refractivity contribution in [3.63, 3.8) is 0 Å². The second-order valence-corrected chi connectivity index (χ2v) is 7.78. The Kier molecular flexibility index (Phi) is 10.4. The van der Waals surface area contributed by atoms with Crippen LogP contribution in [0.2, 0.25) is 0 Å². The van der Waals surface area contributed by atoms with Crippen LogP contribution in [0.3, 0.4) is 0 Å². The van der Waals surface area contributed by atoms with E-state index < -0.39 is 17.2 Å². The van der Waals surface area contributed by atoms with Crippen LogP contribution >= 0.6 is 24.0 Å². The standard InChI is InChI=1S/C19H32N4O4.HI/c1-18(2,3)27-17(25)23-19(4,5)12-22-16(20-6)21-11-13-10-14(26-7)8-9-15(13)24;/h8-10,24H,11-12H2,1-7H3,(H,23,25)(H2,20,21,22);1H. The van der Waals surface area contributed by atoms with Gasteiger partial charge in [0.15, 0.2) is 5.96 Å². The molecule has 0 aliphatic rings. The largest absolute Gasteiger partial charge is 0.508 e. The van der Waals surface area contributed by atoms with Crippen molar-refractivity contribution >= 4 is 36.0 Å². The number of aromatic hydroxyl groups is 1. The number of rotatable bonds is 6. The summed E-state index contributed by atoms with van der Waals surface area (Å²) in [5.41, 5.74) is -0.425. The van der Waals surface area contributed by atoms with Crippen LogP contribution in [0.15, 0.2) is 23.2 Å². The maximum atomic E-state index is 12.0. The zero-order valence-corrected chi connectivity index (χ0v) is 20.0. The van der Waals surface area contributed by atoms with Gasteiger partial charge in [0.2, 0.25) is 0 Å². The van der Waals surface area contributed by atoms with Gasteiger partial charge in [-0.15, -0.1) is 24.0 Å². The second-order valence-electron chi connectivity index (χ2n) is 7.78. The number of ether oxygens (including phenoxy) is 2. The molecular formula is C19H33IN4O4. The summed E-state index contributed by atoms with van der Waals surface area (Å²) in [7, 11) is 3.22. The number of benzene rings is 1. The number of aliphatic imine (C=N–C) groups is 1. The number of carbonyl (C=O) groups is 1. The van der Waals surface area contributed by atoms with Gasteiger partial charge in [0, 0.05) is 25.7 Å². The van der Waals surface area contributed by atoms with E-state index in [1.165, 1.54) is 0 Å². The molecule has 0 aliphatic heterocycles. The van der Waals surface area contributed by atoms with E-state index in [0.29, 0.717) is 30.4 Å². The van der Waals surface area contributed by atoms with E-state index in [2.05, 4.69) is 20.9 Å². The Morgan fingerprint density at radius 1 is 1.18 bits per heavy atom. The van der Waals surface area contributed by atoms with Crippen molar-refractivity contribution in [2.75, 3.05) is 20.7 Å². The molecule has 0 aliphatic carbocycles. The number of amides is 1. The van der Waals surface area contributed by atoms with E-state index in [1.54, 1.807) is 32.4 Å². The predicted molar refractivity (Wildman–Crippen MR) is 122 cm³/mol. The summed E-state index contributed by atoms with van der Waals surface area (Å²) < 4.78 is 10.5. The van der Waals surface area contributed by atoms with Gasteiger partial charge in [0.25, 0.3) is 0 Å². The molecule has 1 aromatic carbocycles. The van der Waals surface area contributed by atoms with E-state index in [4.69, 9.17) is 9.47 Å². The lowest BCUT2D eigenvalue weighted by atomic mass is 10.1. The summed E-state index contributed by atoms with van der Waals surface area (Å²) in [5, 5.41) is 19.1. The van der Waals surface area contributed by atoms with Crippen molar-refractivity contribution in [1.82, 2.24) is 16.0 Å². The number of methoxy groups -OCH3 is 1. The Labute approximate surface area is 184 Å². The molecule has 0 saturated heterocycles. The van der Waals surface area contributed by atoms with Gasteiger partial charge in [-0.25, -0.2) is 4.79 Å². The minimum Gasteiger partial charge on any atom is -0.508 e. The van der Waals surface area contributed by atoms with Gasteiger partial charge in [-0.1, -0.05) is 0 Å². The molecule has 28 heavy (non-hydrogen) atoms. The number of carbonyl (C=O) groups excluding carboxylic acids is 1. The van der Waals surface area contributed by atoms with Crippen LogP contribution in [-0.4, -0.2) is 49.0 Å². The molecule has 0 unspecified atom stereocenters. The molecule has 0 atom stereocenters. The zero-order chi connectivity index (χ0) is 20.7. The maximum Gasteiger partial charge on any atom is 0.408 e. The highest BCUT2D eigenvalue weighted by molar-refractivity contribution is 14.0. The van der Waals surface area contributed by atoms with E-state index >= 15 is 0 Å². The Morgan fingerprint density at radius 2 is 1.82 bits per heavy atom. The van der Waals surface area contributed by atoms with Crippen molar-refractivity contribution in [3.8, 4) is 11.5 Å². The van der Waals surface area contributed by atoms with Crippen molar-refractivity contribution in [3.05, 3.63) is 23.8 Å². The Hall–Kier alpha value is -1.91. The molecule has 8 nitrogen and oxygen atoms in total. The van der Waals surface area contributed by atoms with Crippen LogP contribution < -0.4 is 20.7 Å². The van der Waals surface area contributed by atoms with E-state index in [1.807, 2.05) is 34.6 Å². The first-order valence-electron chi connectivity index (χ1n) is 8.77. The maximum absolute atomic E-state index is 12.0. The van der Waals surface area contributed by atoms with Gasteiger partial charge in [-0.2, -0.15) is 0 Å². The first-order chi connectivity index (χ1) is 12.5. The summed E-state index contributed by atoms with van der Waals surface area (Å²) in [6.07, 6.45) is -0.474. The number of hydrogen-bond donors (Lipinski definition) is 4. The zero-order valence-electron chi connectivity index (χ0n) is 17.7. The van der Waals surface area contributed by atoms with Crippen molar-refractivity contribution < 1.29 is 19.4 Å². The average molecular weight is 508 g/mol. The summed E-state index contributed by atoms with van der Waals surface area (Å²) in [6.45, 7) is 10.0. The van der Waals surface area contributed by atoms with Crippen molar-refractivity contribution in [1.29, 1.82) is 0 Å². The molecule has 0 radical (unpaired) electrons. The third-order valence-electron chi connectivity index (χ3n) is 3.49. The second kappa shape index (κ2) is 11.2. The Morgan fingerprint density at radius 3 is 2.36 bits per heavy atom. The molecule has 0 spiro atoms. The summed E-state index contributed by atoms with van der Waals surface area (Å²) in [5.74, 6) is 1.37. The Balaban J connectivity index is 0.00000729. The fraction of sp³-hybridized carbons (Fsp3) is 0.579. The molecule has 0 bridgehead atoms. The molecule has 1 amide bonds. The van der Waals surface area contributed by atoms with E-state index in [-0.39, 0.29) is 29.7 Å². The normalized spacial score (nSPS) is 11.9. The Bertz CT molecular complexity index is 672. The molecule has 0 aromatic heterocycles. The van der Waals surface area contributed by atoms with Gasteiger partial charge in [0.05, 0.1) is 12.6 Å². The highest BCUT2D eigenvalue weighted by Crippen LogP contribution is 2.22. The molecule has 0 saturated carbocycles. The molecule has 4 N–H and O–H groups in total. The number of halogens is 1. The van der Waals surface area contributed by atoms with E-state index in [9.17, 15) is 9.90 Å². The van der Waals surface area contributed by atoms with Crippen LogP contribution in [0, 0.1) is 0 Å². The molecule has 0 heterocycles. The average Bonchev–Trinajstić information content (AvgIpc) is 2.54. The number of phenolic OH excluding ortho intramolecular Hbond substituents is 1. The molecule has 160 valence electrons. The number of guanidine groups is 1. The van der Waals surface area contributed by atoms with Gasteiger partial charge in [-0.05, 0) is 52.8 Å². The molecule has 0 fully saturated rings. The topological polar surface area (TPSA) is 104 Å². The van der Waals surface area contributed by atoms with Crippen LogP contribution in [0.25, 0.3) is 0 Å². The number of nitrogens with one attached hydrogen (secondary N) is 3. The SMILES string of the molecule is CN=C(NCc1cc(OC)ccc1O)NCC(C)(C)NC(=O)OC(C)(C)C.I. The summed E-state index contributed by atoms with van der Waals surface area (Å²) >= 11 is 0. The number of nitrogens with zero attached hydrogens (tertiary/aromatic N) is 1. The highest BCUT2D eigenvalue weighted by atomic mass is 127. The van der Waals surface area contributed by atoms with Crippen molar-refractivity contribution in [2.45, 2.75) is 52.3 Å². The number of hydrogen-bond acceptors (Lipinski definition) is 5. The quantitative estimate of drug-likeness (QED) is 0.268. The fourth-order valence-electron chi connectivity index (χ4n) is 2.16. The van der Waals surface area contributed by atoms with E-state index in [0.717, 1.165) is 0 Å². The predicted octanol–water partition coefficient (Wildman–Crippen LogP) is 2.99. The van der Waals surface area contributed by atoms with Crippen LogP contribution in [0.5, 0.6) is 11.5 Å².